The number of rotatable bonds is 4. The number of nitrogens with one attached hydrogen (secondary N) is 1. The fourth-order valence-electron chi connectivity index (χ4n) is 1.93. The molecule has 0 saturated carbocycles. The van der Waals surface area contributed by atoms with Crippen molar-refractivity contribution in [2.45, 2.75) is 31.0 Å². The van der Waals surface area contributed by atoms with Gasteiger partial charge in [-0.2, -0.15) is 5.26 Å². The lowest BCUT2D eigenvalue weighted by molar-refractivity contribution is -0.115. The molecule has 118 valence electrons. The molecule has 1 atom stereocenters. The van der Waals surface area contributed by atoms with Crippen molar-refractivity contribution in [3.63, 3.8) is 0 Å². The third kappa shape index (κ3) is 4.53. The molecule has 0 spiro atoms. The molecule has 1 aromatic heterocycles. The van der Waals surface area contributed by atoms with Gasteiger partial charge in [-0.1, -0.05) is 33.8 Å². The van der Waals surface area contributed by atoms with Crippen LogP contribution in [0.3, 0.4) is 0 Å². The van der Waals surface area contributed by atoms with Crippen LogP contribution in [-0.2, 0) is 4.79 Å². The number of nitriles is 1. The SMILES string of the molecule is Cc1nc(C)c(C#N)c(SC(C)C(=O)Nc2cccc(Br)c2)n1. The number of anilines is 1. The zero-order valence-electron chi connectivity index (χ0n) is 12.9. The molecule has 1 amide bonds. The summed E-state index contributed by atoms with van der Waals surface area (Å²) in [4.78, 5) is 20.8. The molecule has 0 saturated heterocycles. The van der Waals surface area contributed by atoms with Gasteiger partial charge in [-0.05, 0) is 39.0 Å². The molecule has 2 rings (SSSR count). The van der Waals surface area contributed by atoms with E-state index in [4.69, 9.17) is 0 Å². The Morgan fingerprint density at radius 2 is 2.13 bits per heavy atom. The Balaban J connectivity index is 2.14. The smallest absolute Gasteiger partial charge is 0.237 e. The van der Waals surface area contributed by atoms with Gasteiger partial charge < -0.3 is 5.32 Å². The molecule has 2 aromatic rings. The molecule has 1 N–H and O–H groups in total. The van der Waals surface area contributed by atoms with E-state index in [0.717, 1.165) is 4.47 Å². The van der Waals surface area contributed by atoms with Crippen LogP contribution in [0.2, 0.25) is 0 Å². The predicted molar refractivity (Wildman–Crippen MR) is 94.3 cm³/mol. The van der Waals surface area contributed by atoms with Crippen LogP contribution in [0.15, 0.2) is 33.8 Å². The lowest BCUT2D eigenvalue weighted by Gasteiger charge is -2.13. The van der Waals surface area contributed by atoms with E-state index in [0.29, 0.717) is 27.8 Å². The molecular formula is C16H15BrN4OS. The summed E-state index contributed by atoms with van der Waals surface area (Å²) in [6, 6.07) is 9.49. The van der Waals surface area contributed by atoms with Crippen LogP contribution >= 0.6 is 27.7 Å². The standard InChI is InChI=1S/C16H15BrN4OS/c1-9-14(8-18)16(20-11(3)19-9)23-10(2)15(22)21-13-6-4-5-12(17)7-13/h4-7,10H,1-3H3,(H,21,22). The third-order valence-electron chi connectivity index (χ3n) is 3.03. The summed E-state index contributed by atoms with van der Waals surface area (Å²) < 4.78 is 0.893. The lowest BCUT2D eigenvalue weighted by Crippen LogP contribution is -2.22. The van der Waals surface area contributed by atoms with Crippen LogP contribution in [0.5, 0.6) is 0 Å². The topological polar surface area (TPSA) is 78.7 Å². The van der Waals surface area contributed by atoms with Gasteiger partial charge in [0.05, 0.1) is 10.9 Å². The van der Waals surface area contributed by atoms with Crippen molar-refractivity contribution in [2.24, 2.45) is 0 Å². The minimum atomic E-state index is -0.394. The zero-order valence-corrected chi connectivity index (χ0v) is 15.3. The van der Waals surface area contributed by atoms with Crippen LogP contribution in [0.1, 0.15) is 24.0 Å². The number of nitrogens with zero attached hydrogens (tertiary/aromatic N) is 3. The van der Waals surface area contributed by atoms with Crippen molar-refractivity contribution < 1.29 is 4.79 Å². The number of carbonyl (C=O) groups excluding carboxylic acids is 1. The van der Waals surface area contributed by atoms with Gasteiger partial charge in [0.15, 0.2) is 0 Å². The summed E-state index contributed by atoms with van der Waals surface area (Å²) >= 11 is 4.63. The number of carbonyl (C=O) groups is 1. The maximum Gasteiger partial charge on any atom is 0.237 e. The van der Waals surface area contributed by atoms with E-state index >= 15 is 0 Å². The minimum Gasteiger partial charge on any atom is -0.325 e. The lowest BCUT2D eigenvalue weighted by atomic mass is 10.3. The van der Waals surface area contributed by atoms with Gasteiger partial charge in [-0.25, -0.2) is 9.97 Å². The first kappa shape index (κ1) is 17.4. The van der Waals surface area contributed by atoms with Crippen LogP contribution in [0.25, 0.3) is 0 Å². The fraction of sp³-hybridized carbons (Fsp3) is 0.250. The maximum atomic E-state index is 12.3. The Bertz CT molecular complexity index is 788. The maximum absolute atomic E-state index is 12.3. The Morgan fingerprint density at radius 3 is 2.78 bits per heavy atom. The second kappa shape index (κ2) is 7.57. The zero-order chi connectivity index (χ0) is 17.0. The molecule has 1 heterocycles. The predicted octanol–water partition coefficient (Wildman–Crippen LogP) is 3.85. The Kier molecular flexibility index (Phi) is 5.74. The molecule has 7 heteroatoms. The number of hydrogen-bond donors (Lipinski definition) is 1. The molecule has 0 aliphatic carbocycles. The second-order valence-electron chi connectivity index (χ2n) is 4.91. The Hall–Kier alpha value is -1.91. The van der Waals surface area contributed by atoms with E-state index in [1.165, 1.54) is 11.8 Å². The minimum absolute atomic E-state index is 0.147. The van der Waals surface area contributed by atoms with Gasteiger partial charge in [-0.3, -0.25) is 4.79 Å². The van der Waals surface area contributed by atoms with Crippen molar-refractivity contribution in [1.82, 2.24) is 9.97 Å². The van der Waals surface area contributed by atoms with E-state index in [1.54, 1.807) is 20.8 Å². The molecule has 1 aromatic carbocycles. The van der Waals surface area contributed by atoms with Crippen molar-refractivity contribution in [1.29, 1.82) is 5.26 Å². The molecule has 0 aliphatic heterocycles. The van der Waals surface area contributed by atoms with E-state index in [1.807, 2.05) is 24.3 Å². The normalized spacial score (nSPS) is 11.6. The summed E-state index contributed by atoms with van der Waals surface area (Å²) in [5.41, 5.74) is 1.76. The summed E-state index contributed by atoms with van der Waals surface area (Å²) in [6.45, 7) is 5.32. The second-order valence-corrected chi connectivity index (χ2v) is 7.15. The fourth-order valence-corrected chi connectivity index (χ4v) is 3.32. The number of amides is 1. The van der Waals surface area contributed by atoms with Crippen LogP contribution in [-0.4, -0.2) is 21.1 Å². The van der Waals surface area contributed by atoms with Gasteiger partial charge >= 0.3 is 0 Å². The molecule has 0 fully saturated rings. The summed E-state index contributed by atoms with van der Waals surface area (Å²) in [5.74, 6) is 0.439. The first-order valence-electron chi connectivity index (χ1n) is 6.89. The van der Waals surface area contributed by atoms with Gasteiger partial charge in [0.2, 0.25) is 5.91 Å². The first-order chi connectivity index (χ1) is 10.9. The van der Waals surface area contributed by atoms with Gasteiger partial charge in [0.1, 0.15) is 22.5 Å². The van der Waals surface area contributed by atoms with Crippen molar-refractivity contribution in [2.75, 3.05) is 5.32 Å². The molecule has 1 unspecified atom stereocenters. The molecular weight excluding hydrogens is 376 g/mol. The highest BCUT2D eigenvalue weighted by atomic mass is 79.9. The summed E-state index contributed by atoms with van der Waals surface area (Å²) in [5, 5.41) is 12.3. The average Bonchev–Trinajstić information content (AvgIpc) is 2.46. The number of halogens is 1. The van der Waals surface area contributed by atoms with Gasteiger partial charge in [0.25, 0.3) is 0 Å². The van der Waals surface area contributed by atoms with E-state index in [-0.39, 0.29) is 5.91 Å². The van der Waals surface area contributed by atoms with Crippen molar-refractivity contribution in [3.05, 3.63) is 45.8 Å². The van der Waals surface area contributed by atoms with Gasteiger partial charge in [0, 0.05) is 10.2 Å². The first-order valence-corrected chi connectivity index (χ1v) is 8.56. The van der Waals surface area contributed by atoms with E-state index in [9.17, 15) is 10.1 Å². The van der Waals surface area contributed by atoms with Gasteiger partial charge in [-0.15, -0.1) is 0 Å². The number of aryl methyl sites for hydroxylation is 2. The Labute approximate surface area is 147 Å². The number of benzene rings is 1. The Morgan fingerprint density at radius 1 is 1.39 bits per heavy atom. The number of aromatic nitrogens is 2. The summed E-state index contributed by atoms with van der Waals surface area (Å²) in [6.07, 6.45) is 0. The van der Waals surface area contributed by atoms with Crippen LogP contribution < -0.4 is 5.32 Å². The van der Waals surface area contributed by atoms with Crippen LogP contribution in [0, 0.1) is 25.2 Å². The molecule has 5 nitrogen and oxygen atoms in total. The average molecular weight is 391 g/mol. The molecule has 0 bridgehead atoms. The van der Waals surface area contributed by atoms with E-state index < -0.39 is 5.25 Å². The largest absolute Gasteiger partial charge is 0.325 e. The highest BCUT2D eigenvalue weighted by Crippen LogP contribution is 2.27. The highest BCUT2D eigenvalue weighted by Gasteiger charge is 2.19. The monoisotopic (exact) mass is 390 g/mol. The highest BCUT2D eigenvalue weighted by molar-refractivity contribution is 9.10. The van der Waals surface area contributed by atoms with Crippen molar-refractivity contribution >= 4 is 39.3 Å². The molecule has 23 heavy (non-hydrogen) atoms. The number of hydrogen-bond acceptors (Lipinski definition) is 5. The van der Waals surface area contributed by atoms with Crippen LogP contribution in [0.4, 0.5) is 5.69 Å². The third-order valence-corrected chi connectivity index (χ3v) is 4.61. The van der Waals surface area contributed by atoms with Crippen molar-refractivity contribution in [3.8, 4) is 6.07 Å². The summed E-state index contributed by atoms with van der Waals surface area (Å²) in [7, 11) is 0. The van der Waals surface area contributed by atoms with E-state index in [2.05, 4.69) is 37.3 Å². The molecule has 0 radical (unpaired) electrons. The number of thioether (sulfide) groups is 1. The quantitative estimate of drug-likeness (QED) is 0.633. The molecule has 0 aliphatic rings.